The van der Waals surface area contributed by atoms with E-state index in [1.54, 1.807) is 12.1 Å². The van der Waals surface area contributed by atoms with E-state index < -0.39 is 5.41 Å². The predicted molar refractivity (Wildman–Crippen MR) is 89.5 cm³/mol. The van der Waals surface area contributed by atoms with Gasteiger partial charge in [0.05, 0.1) is 5.41 Å². The minimum absolute atomic E-state index is 0.229. The molecule has 1 saturated carbocycles. The highest BCUT2D eigenvalue weighted by atomic mass is 19.1. The lowest BCUT2D eigenvalue weighted by atomic mass is 9.68. The van der Waals surface area contributed by atoms with Crippen molar-refractivity contribution in [3.63, 3.8) is 0 Å². The number of hydrogen-bond acceptors (Lipinski definition) is 2. The maximum absolute atomic E-state index is 13.5. The number of likely N-dealkylation sites (tertiary alicyclic amines) is 1. The Labute approximate surface area is 138 Å². The maximum Gasteiger partial charge on any atom is 0.233 e. The molecule has 0 aromatic heterocycles. The number of benzene rings is 1. The summed E-state index contributed by atoms with van der Waals surface area (Å²) in [7, 11) is 0. The largest absolute Gasteiger partial charge is 0.339 e. The van der Waals surface area contributed by atoms with Crippen LogP contribution in [-0.2, 0) is 10.2 Å². The second-order valence-electron chi connectivity index (χ2n) is 7.29. The number of nitrogens with two attached hydrogens (primary N) is 1. The van der Waals surface area contributed by atoms with Crippen molar-refractivity contribution in [1.29, 1.82) is 0 Å². The normalized spacial score (nSPS) is 27.2. The SMILES string of the molecule is CC1CC(CN)CN1C(=O)C1(c2ccc(F)cc2)CCCCC1. The summed E-state index contributed by atoms with van der Waals surface area (Å²) < 4.78 is 13.3. The number of rotatable bonds is 3. The van der Waals surface area contributed by atoms with Crippen LogP contribution < -0.4 is 5.73 Å². The summed E-state index contributed by atoms with van der Waals surface area (Å²) in [6.07, 6.45) is 6.03. The molecule has 2 unspecified atom stereocenters. The predicted octanol–water partition coefficient (Wildman–Crippen LogP) is 3.22. The number of carbonyl (C=O) groups is 1. The van der Waals surface area contributed by atoms with Crippen LogP contribution in [0.1, 0.15) is 51.0 Å². The van der Waals surface area contributed by atoms with Crippen LogP contribution in [0.25, 0.3) is 0 Å². The monoisotopic (exact) mass is 318 g/mol. The van der Waals surface area contributed by atoms with Crippen molar-refractivity contribution >= 4 is 5.91 Å². The molecule has 2 fully saturated rings. The molecular weight excluding hydrogens is 291 g/mol. The number of amides is 1. The molecular formula is C19H27FN2O. The molecule has 1 aliphatic carbocycles. The molecule has 1 aromatic rings. The van der Waals surface area contributed by atoms with Crippen molar-refractivity contribution in [2.75, 3.05) is 13.1 Å². The number of halogens is 1. The van der Waals surface area contributed by atoms with E-state index in [4.69, 9.17) is 5.73 Å². The van der Waals surface area contributed by atoms with E-state index in [2.05, 4.69) is 6.92 Å². The third kappa shape index (κ3) is 3.01. The Morgan fingerprint density at radius 2 is 1.91 bits per heavy atom. The molecule has 1 saturated heterocycles. The lowest BCUT2D eigenvalue weighted by Gasteiger charge is -2.40. The van der Waals surface area contributed by atoms with Gasteiger partial charge < -0.3 is 10.6 Å². The van der Waals surface area contributed by atoms with Crippen LogP contribution >= 0.6 is 0 Å². The topological polar surface area (TPSA) is 46.3 Å². The molecule has 0 bridgehead atoms. The molecule has 1 aliphatic heterocycles. The molecule has 3 nitrogen and oxygen atoms in total. The lowest BCUT2D eigenvalue weighted by molar-refractivity contribution is -0.139. The van der Waals surface area contributed by atoms with Gasteiger partial charge in [0.15, 0.2) is 0 Å². The molecule has 4 heteroatoms. The first-order valence-electron chi connectivity index (χ1n) is 8.84. The van der Waals surface area contributed by atoms with E-state index in [1.165, 1.54) is 18.6 Å². The van der Waals surface area contributed by atoms with Crippen molar-refractivity contribution in [1.82, 2.24) is 4.90 Å². The standard InChI is InChI=1S/C19H27FN2O/c1-14-11-15(12-21)13-22(14)18(23)19(9-3-2-4-10-19)16-5-7-17(20)8-6-16/h5-8,14-15H,2-4,9-13,21H2,1H3. The third-order valence-electron chi connectivity index (χ3n) is 5.77. The molecule has 2 atom stereocenters. The van der Waals surface area contributed by atoms with Crippen LogP contribution in [0.5, 0.6) is 0 Å². The third-order valence-corrected chi connectivity index (χ3v) is 5.77. The van der Waals surface area contributed by atoms with E-state index in [0.717, 1.165) is 44.2 Å². The van der Waals surface area contributed by atoms with Gasteiger partial charge >= 0.3 is 0 Å². The van der Waals surface area contributed by atoms with E-state index in [1.807, 2.05) is 4.90 Å². The Kier molecular flexibility index (Phi) is 4.72. The molecule has 23 heavy (non-hydrogen) atoms. The van der Waals surface area contributed by atoms with E-state index in [-0.39, 0.29) is 17.8 Å². The van der Waals surface area contributed by atoms with Crippen LogP contribution in [0.15, 0.2) is 24.3 Å². The Balaban J connectivity index is 1.92. The average Bonchev–Trinajstić information content (AvgIpc) is 2.96. The Hall–Kier alpha value is -1.42. The van der Waals surface area contributed by atoms with Crippen LogP contribution in [0, 0.1) is 11.7 Å². The number of hydrogen-bond donors (Lipinski definition) is 1. The second-order valence-corrected chi connectivity index (χ2v) is 7.29. The fraction of sp³-hybridized carbons (Fsp3) is 0.632. The summed E-state index contributed by atoms with van der Waals surface area (Å²) in [6, 6.07) is 6.82. The maximum atomic E-state index is 13.5. The first kappa shape index (κ1) is 16.4. The van der Waals surface area contributed by atoms with Crippen LogP contribution in [0.3, 0.4) is 0 Å². The first-order chi connectivity index (χ1) is 11.1. The molecule has 0 radical (unpaired) electrons. The molecule has 2 aliphatic rings. The zero-order valence-electron chi connectivity index (χ0n) is 13.9. The number of nitrogens with zero attached hydrogens (tertiary/aromatic N) is 1. The summed E-state index contributed by atoms with van der Waals surface area (Å²) in [4.78, 5) is 15.5. The van der Waals surface area contributed by atoms with Gasteiger partial charge in [-0.2, -0.15) is 0 Å². The van der Waals surface area contributed by atoms with Crippen molar-refractivity contribution in [2.24, 2.45) is 11.7 Å². The summed E-state index contributed by atoms with van der Waals surface area (Å²) in [6.45, 7) is 3.52. The van der Waals surface area contributed by atoms with Gasteiger partial charge in [0.1, 0.15) is 5.82 Å². The van der Waals surface area contributed by atoms with Crippen LogP contribution in [-0.4, -0.2) is 29.9 Å². The fourth-order valence-electron chi connectivity index (χ4n) is 4.42. The highest BCUT2D eigenvalue weighted by molar-refractivity contribution is 5.89. The zero-order chi connectivity index (χ0) is 16.4. The first-order valence-corrected chi connectivity index (χ1v) is 8.84. The summed E-state index contributed by atoms with van der Waals surface area (Å²) >= 11 is 0. The molecule has 1 heterocycles. The van der Waals surface area contributed by atoms with E-state index >= 15 is 0 Å². The van der Waals surface area contributed by atoms with Gasteiger partial charge in [0, 0.05) is 12.6 Å². The average molecular weight is 318 g/mol. The zero-order valence-corrected chi connectivity index (χ0v) is 13.9. The van der Waals surface area contributed by atoms with Crippen LogP contribution in [0.2, 0.25) is 0 Å². The Bertz CT molecular complexity index is 551. The van der Waals surface area contributed by atoms with Gasteiger partial charge in [-0.05, 0) is 56.3 Å². The van der Waals surface area contributed by atoms with Gasteiger partial charge in [-0.3, -0.25) is 4.79 Å². The smallest absolute Gasteiger partial charge is 0.233 e. The highest BCUT2D eigenvalue weighted by Crippen LogP contribution is 2.42. The van der Waals surface area contributed by atoms with E-state index in [0.29, 0.717) is 12.5 Å². The van der Waals surface area contributed by atoms with Crippen molar-refractivity contribution in [3.05, 3.63) is 35.6 Å². The van der Waals surface area contributed by atoms with Crippen molar-refractivity contribution < 1.29 is 9.18 Å². The second kappa shape index (κ2) is 6.60. The van der Waals surface area contributed by atoms with Crippen molar-refractivity contribution in [2.45, 2.75) is 56.9 Å². The fourth-order valence-corrected chi connectivity index (χ4v) is 4.42. The molecule has 126 valence electrons. The molecule has 0 spiro atoms. The summed E-state index contributed by atoms with van der Waals surface area (Å²) in [5.74, 6) is 0.389. The Morgan fingerprint density at radius 1 is 1.26 bits per heavy atom. The Morgan fingerprint density at radius 3 is 2.48 bits per heavy atom. The van der Waals surface area contributed by atoms with Gasteiger partial charge in [-0.15, -0.1) is 0 Å². The van der Waals surface area contributed by atoms with Crippen molar-refractivity contribution in [3.8, 4) is 0 Å². The van der Waals surface area contributed by atoms with Gasteiger partial charge in [-0.25, -0.2) is 4.39 Å². The van der Waals surface area contributed by atoms with Gasteiger partial charge in [0.25, 0.3) is 0 Å². The minimum Gasteiger partial charge on any atom is -0.339 e. The summed E-state index contributed by atoms with van der Waals surface area (Å²) in [5, 5.41) is 0. The molecule has 1 aromatic carbocycles. The summed E-state index contributed by atoms with van der Waals surface area (Å²) in [5.41, 5.74) is 6.33. The number of carbonyl (C=O) groups excluding carboxylic acids is 1. The van der Waals surface area contributed by atoms with Gasteiger partial charge in [-0.1, -0.05) is 31.4 Å². The van der Waals surface area contributed by atoms with Gasteiger partial charge in [0.2, 0.25) is 5.91 Å². The lowest BCUT2D eigenvalue weighted by Crippen LogP contribution is -2.49. The van der Waals surface area contributed by atoms with Crippen LogP contribution in [0.4, 0.5) is 4.39 Å². The highest BCUT2D eigenvalue weighted by Gasteiger charge is 2.46. The molecule has 1 amide bonds. The molecule has 3 rings (SSSR count). The quantitative estimate of drug-likeness (QED) is 0.930. The minimum atomic E-state index is -0.469. The molecule has 2 N–H and O–H groups in total. The van der Waals surface area contributed by atoms with E-state index in [9.17, 15) is 9.18 Å².